The molecule has 2 unspecified atom stereocenters. The maximum absolute atomic E-state index is 12.9. The van der Waals surface area contributed by atoms with Gasteiger partial charge in [0.15, 0.2) is 0 Å². The third-order valence-electron chi connectivity index (χ3n) is 5.16. The molecule has 0 radical (unpaired) electrons. The maximum Gasteiger partial charge on any atom is 0.417 e. The Hall–Kier alpha value is -2.09. The number of hydrogen-bond acceptors (Lipinski definition) is 5. The Morgan fingerprint density at radius 3 is 2.58 bits per heavy atom. The fraction of sp³-hybridized carbons (Fsp3) is 0.471. The molecule has 0 bridgehead atoms. The van der Waals surface area contributed by atoms with Crippen LogP contribution in [0.5, 0.6) is 0 Å². The average Bonchev–Trinajstić information content (AvgIpc) is 3.04. The fourth-order valence-electron chi connectivity index (χ4n) is 3.86. The summed E-state index contributed by atoms with van der Waals surface area (Å²) in [6.45, 7) is 2.35. The van der Waals surface area contributed by atoms with Gasteiger partial charge in [0, 0.05) is 38.2 Å². The van der Waals surface area contributed by atoms with Crippen molar-refractivity contribution in [1.82, 2.24) is 15.0 Å². The van der Waals surface area contributed by atoms with Crippen molar-refractivity contribution in [2.45, 2.75) is 25.1 Å². The number of hydrogen-bond donors (Lipinski definition) is 0. The van der Waals surface area contributed by atoms with E-state index in [1.54, 1.807) is 18.6 Å². The normalized spacial score (nSPS) is 23.2. The van der Waals surface area contributed by atoms with Crippen LogP contribution in [0.4, 0.5) is 24.8 Å². The Morgan fingerprint density at radius 2 is 1.88 bits per heavy atom. The zero-order valence-corrected chi connectivity index (χ0v) is 14.6. The molecule has 9 heteroatoms. The van der Waals surface area contributed by atoms with E-state index in [9.17, 15) is 13.2 Å². The lowest BCUT2D eigenvalue weighted by Crippen LogP contribution is -2.49. The van der Waals surface area contributed by atoms with Crippen molar-refractivity contribution in [3.05, 3.63) is 41.4 Å². The summed E-state index contributed by atoms with van der Waals surface area (Å²) < 4.78 is 38.6. The van der Waals surface area contributed by atoms with Crippen molar-refractivity contribution in [2.24, 2.45) is 5.92 Å². The molecule has 0 aromatic carbocycles. The summed E-state index contributed by atoms with van der Waals surface area (Å²) in [5, 5.41) is 0.0390. The second-order valence-corrected chi connectivity index (χ2v) is 7.04. The van der Waals surface area contributed by atoms with Crippen LogP contribution in [0.1, 0.15) is 18.4 Å². The molecule has 0 N–H and O–H groups in total. The minimum absolute atomic E-state index is 0.0390. The first-order chi connectivity index (χ1) is 12.4. The van der Waals surface area contributed by atoms with Gasteiger partial charge in [-0.3, -0.25) is 4.98 Å². The summed E-state index contributed by atoms with van der Waals surface area (Å²) >= 11 is 6.16. The third-order valence-corrected chi connectivity index (χ3v) is 5.44. The molecule has 0 spiro atoms. The van der Waals surface area contributed by atoms with E-state index >= 15 is 0 Å². The number of nitrogens with zero attached hydrogens (tertiary/aromatic N) is 5. The monoisotopic (exact) mass is 383 g/mol. The standard InChI is InChI=1S/C17H17ClF3N5/c18-13-7-12(17(19,20)21)8-24-16(13)26-6-2-11-1-5-25(10-14(11)26)15-9-22-3-4-23-15/h3-4,7-9,11,14H,1-2,5-6,10H2. The van der Waals surface area contributed by atoms with Crippen molar-refractivity contribution in [1.29, 1.82) is 0 Å². The number of pyridine rings is 1. The number of anilines is 2. The van der Waals surface area contributed by atoms with Crippen LogP contribution in [-0.4, -0.2) is 40.6 Å². The first kappa shape index (κ1) is 17.3. The van der Waals surface area contributed by atoms with E-state index in [0.717, 1.165) is 50.6 Å². The fourth-order valence-corrected chi connectivity index (χ4v) is 4.14. The smallest absolute Gasteiger partial charge is 0.353 e. The lowest BCUT2D eigenvalue weighted by molar-refractivity contribution is -0.137. The molecule has 2 aliphatic heterocycles. The van der Waals surface area contributed by atoms with Crippen LogP contribution >= 0.6 is 11.6 Å². The lowest BCUT2D eigenvalue weighted by Gasteiger charge is -2.39. The summed E-state index contributed by atoms with van der Waals surface area (Å²) in [6.07, 6.45) is 3.40. The van der Waals surface area contributed by atoms with Gasteiger partial charge in [0.05, 0.1) is 22.8 Å². The Morgan fingerprint density at radius 1 is 1.08 bits per heavy atom. The topological polar surface area (TPSA) is 45.2 Å². The number of piperidine rings is 1. The molecule has 26 heavy (non-hydrogen) atoms. The zero-order chi connectivity index (χ0) is 18.3. The highest BCUT2D eigenvalue weighted by atomic mass is 35.5. The van der Waals surface area contributed by atoms with Crippen LogP contribution < -0.4 is 9.80 Å². The number of fused-ring (bicyclic) bond motifs is 1. The van der Waals surface area contributed by atoms with E-state index in [2.05, 4.69) is 19.9 Å². The van der Waals surface area contributed by atoms with Crippen LogP contribution in [0.25, 0.3) is 0 Å². The van der Waals surface area contributed by atoms with Gasteiger partial charge >= 0.3 is 6.18 Å². The van der Waals surface area contributed by atoms with Gasteiger partial charge in [0.25, 0.3) is 0 Å². The highest BCUT2D eigenvalue weighted by Crippen LogP contribution is 2.39. The Balaban J connectivity index is 1.58. The van der Waals surface area contributed by atoms with Gasteiger partial charge < -0.3 is 9.80 Å². The van der Waals surface area contributed by atoms with Crippen LogP contribution in [0, 0.1) is 5.92 Å². The first-order valence-corrected chi connectivity index (χ1v) is 8.81. The molecule has 2 aromatic rings. The van der Waals surface area contributed by atoms with Gasteiger partial charge in [-0.05, 0) is 24.8 Å². The molecule has 4 heterocycles. The molecule has 0 amide bonds. The summed E-state index contributed by atoms with van der Waals surface area (Å²) in [7, 11) is 0. The van der Waals surface area contributed by atoms with Gasteiger partial charge in [-0.2, -0.15) is 13.2 Å². The molecular weight excluding hydrogens is 367 g/mol. The van der Waals surface area contributed by atoms with Gasteiger partial charge in [-0.25, -0.2) is 9.97 Å². The second kappa shape index (κ2) is 6.57. The molecular formula is C17H17ClF3N5. The zero-order valence-electron chi connectivity index (χ0n) is 13.8. The number of halogens is 4. The van der Waals surface area contributed by atoms with Crippen molar-refractivity contribution in [2.75, 3.05) is 29.4 Å². The quantitative estimate of drug-likeness (QED) is 0.792. The van der Waals surface area contributed by atoms with E-state index in [1.165, 1.54) is 0 Å². The van der Waals surface area contributed by atoms with Crippen molar-refractivity contribution < 1.29 is 13.2 Å². The minimum Gasteiger partial charge on any atom is -0.353 e. The summed E-state index contributed by atoms with van der Waals surface area (Å²) in [5.74, 6) is 1.71. The van der Waals surface area contributed by atoms with Crippen LogP contribution in [0.15, 0.2) is 30.9 Å². The third kappa shape index (κ3) is 3.18. The molecule has 138 valence electrons. The molecule has 2 atom stereocenters. The first-order valence-electron chi connectivity index (χ1n) is 8.44. The van der Waals surface area contributed by atoms with E-state index < -0.39 is 11.7 Å². The highest BCUT2D eigenvalue weighted by Gasteiger charge is 2.40. The highest BCUT2D eigenvalue weighted by molar-refractivity contribution is 6.33. The van der Waals surface area contributed by atoms with Gasteiger partial charge in [0.2, 0.25) is 0 Å². The molecule has 2 saturated heterocycles. The SMILES string of the molecule is FC(F)(F)c1cnc(N2CCC3CCN(c4cnccn4)CC32)c(Cl)c1. The Kier molecular flexibility index (Phi) is 4.38. The predicted molar refractivity (Wildman–Crippen MR) is 92.4 cm³/mol. The van der Waals surface area contributed by atoms with Crippen molar-refractivity contribution in [3.8, 4) is 0 Å². The molecule has 2 fully saturated rings. The summed E-state index contributed by atoms with van der Waals surface area (Å²) in [6, 6.07) is 1.10. The van der Waals surface area contributed by atoms with E-state index in [1.807, 2.05) is 4.90 Å². The molecule has 4 rings (SSSR count). The summed E-state index contributed by atoms with van der Waals surface area (Å²) in [5.41, 5.74) is -0.827. The molecule has 5 nitrogen and oxygen atoms in total. The number of alkyl halides is 3. The van der Waals surface area contributed by atoms with Crippen LogP contribution in [0.3, 0.4) is 0 Å². The molecule has 2 aromatic heterocycles. The van der Waals surface area contributed by atoms with Gasteiger partial charge in [0.1, 0.15) is 11.6 Å². The minimum atomic E-state index is -4.45. The largest absolute Gasteiger partial charge is 0.417 e. The average molecular weight is 384 g/mol. The van der Waals surface area contributed by atoms with Gasteiger partial charge in [-0.15, -0.1) is 0 Å². The van der Waals surface area contributed by atoms with E-state index in [0.29, 0.717) is 11.7 Å². The lowest BCUT2D eigenvalue weighted by atomic mass is 9.92. The second-order valence-electron chi connectivity index (χ2n) is 6.63. The van der Waals surface area contributed by atoms with Crippen LogP contribution in [0.2, 0.25) is 5.02 Å². The van der Waals surface area contributed by atoms with E-state index in [4.69, 9.17) is 11.6 Å². The Bertz CT molecular complexity index is 786. The predicted octanol–water partition coefficient (Wildman–Crippen LogP) is 3.65. The van der Waals surface area contributed by atoms with Gasteiger partial charge in [-0.1, -0.05) is 11.6 Å². The molecule has 2 aliphatic rings. The van der Waals surface area contributed by atoms with Crippen molar-refractivity contribution >= 4 is 23.2 Å². The number of rotatable bonds is 2. The molecule has 0 aliphatic carbocycles. The maximum atomic E-state index is 12.9. The van der Waals surface area contributed by atoms with E-state index in [-0.39, 0.29) is 11.1 Å². The summed E-state index contributed by atoms with van der Waals surface area (Å²) in [4.78, 5) is 16.7. The Labute approximate surface area is 153 Å². The van der Waals surface area contributed by atoms with Crippen molar-refractivity contribution in [3.63, 3.8) is 0 Å². The number of aromatic nitrogens is 3. The molecule has 0 saturated carbocycles. The van der Waals surface area contributed by atoms with Crippen LogP contribution in [-0.2, 0) is 6.18 Å².